The molecule has 0 saturated carbocycles. The summed E-state index contributed by atoms with van der Waals surface area (Å²) < 4.78 is 0. The van der Waals surface area contributed by atoms with Gasteiger partial charge in [0.2, 0.25) is 0 Å². The van der Waals surface area contributed by atoms with Gasteiger partial charge in [-0.2, -0.15) is 0 Å². The number of pyridine rings is 3. The van der Waals surface area contributed by atoms with Gasteiger partial charge in [-0.25, -0.2) is 0 Å². The van der Waals surface area contributed by atoms with E-state index in [9.17, 15) is 9.59 Å². The van der Waals surface area contributed by atoms with Gasteiger partial charge >= 0.3 is 0 Å². The lowest BCUT2D eigenvalue weighted by Crippen LogP contribution is -2.16. The number of aromatic nitrogens is 3. The van der Waals surface area contributed by atoms with Crippen LogP contribution in [0.15, 0.2) is 91.8 Å². The minimum Gasteiger partial charge on any atom is -0.321 e. The topological polar surface area (TPSA) is 96.9 Å². The maximum absolute atomic E-state index is 12.8. The third-order valence-electron chi connectivity index (χ3n) is 4.29. The predicted octanol–water partition coefficient (Wildman–Crippen LogP) is 4.04. The number of carbonyl (C=O) groups excluding carboxylic acids is 2. The van der Waals surface area contributed by atoms with Gasteiger partial charge in [0, 0.05) is 41.5 Å². The molecule has 30 heavy (non-hydrogen) atoms. The van der Waals surface area contributed by atoms with Crippen molar-refractivity contribution in [3.8, 4) is 11.1 Å². The number of hydrogen-bond acceptors (Lipinski definition) is 5. The fourth-order valence-electron chi connectivity index (χ4n) is 2.87. The molecular weight excluding hydrogens is 378 g/mol. The average molecular weight is 395 g/mol. The number of nitrogens with zero attached hydrogens (tertiary/aromatic N) is 3. The molecule has 1 aromatic carbocycles. The lowest BCUT2D eigenvalue weighted by molar-refractivity contribution is 0.102. The van der Waals surface area contributed by atoms with Crippen LogP contribution in [0.25, 0.3) is 11.1 Å². The van der Waals surface area contributed by atoms with Crippen LogP contribution in [0, 0.1) is 0 Å². The first-order chi connectivity index (χ1) is 14.7. The summed E-state index contributed by atoms with van der Waals surface area (Å²) in [5, 5.41) is 5.59. The number of carbonyl (C=O) groups is 2. The van der Waals surface area contributed by atoms with Gasteiger partial charge in [0.25, 0.3) is 11.8 Å². The van der Waals surface area contributed by atoms with E-state index in [4.69, 9.17) is 0 Å². The predicted molar refractivity (Wildman–Crippen MR) is 114 cm³/mol. The van der Waals surface area contributed by atoms with Crippen LogP contribution in [0.4, 0.5) is 11.4 Å². The third-order valence-corrected chi connectivity index (χ3v) is 4.29. The Morgan fingerprint density at radius 2 is 1.10 bits per heavy atom. The summed E-state index contributed by atoms with van der Waals surface area (Å²) in [4.78, 5) is 37.8. The van der Waals surface area contributed by atoms with Gasteiger partial charge in [-0.05, 0) is 54.1 Å². The van der Waals surface area contributed by atoms with Gasteiger partial charge in [-0.3, -0.25) is 24.5 Å². The highest BCUT2D eigenvalue weighted by atomic mass is 16.2. The molecule has 0 aliphatic rings. The molecule has 2 N–H and O–H groups in total. The highest BCUT2D eigenvalue weighted by Gasteiger charge is 2.15. The average Bonchev–Trinajstić information content (AvgIpc) is 2.80. The largest absolute Gasteiger partial charge is 0.321 e. The zero-order valence-electron chi connectivity index (χ0n) is 15.8. The molecule has 4 aromatic rings. The Bertz CT molecular complexity index is 1090. The molecule has 3 aromatic heterocycles. The molecule has 0 atom stereocenters. The van der Waals surface area contributed by atoms with E-state index in [-0.39, 0.29) is 11.8 Å². The van der Waals surface area contributed by atoms with Crippen molar-refractivity contribution in [3.63, 3.8) is 0 Å². The minimum absolute atomic E-state index is 0.343. The Hall–Kier alpha value is -4.39. The normalized spacial score (nSPS) is 10.3. The van der Waals surface area contributed by atoms with Crippen molar-refractivity contribution in [2.24, 2.45) is 0 Å². The summed E-state index contributed by atoms with van der Waals surface area (Å²) >= 11 is 0. The molecule has 0 unspecified atom stereocenters. The second-order valence-corrected chi connectivity index (χ2v) is 6.43. The number of nitrogens with one attached hydrogen (secondary N) is 2. The van der Waals surface area contributed by atoms with Crippen molar-refractivity contribution in [3.05, 3.63) is 103 Å². The second-order valence-electron chi connectivity index (χ2n) is 6.43. The van der Waals surface area contributed by atoms with Crippen molar-refractivity contribution in [1.82, 2.24) is 15.0 Å². The number of anilines is 2. The Labute approximate surface area is 172 Å². The van der Waals surface area contributed by atoms with Crippen LogP contribution < -0.4 is 10.6 Å². The molecule has 7 nitrogen and oxygen atoms in total. The summed E-state index contributed by atoms with van der Waals surface area (Å²) in [7, 11) is 0. The van der Waals surface area contributed by atoms with Gasteiger partial charge < -0.3 is 10.6 Å². The summed E-state index contributed by atoms with van der Waals surface area (Å²) in [5.41, 5.74) is 3.32. The first kappa shape index (κ1) is 18.9. The monoisotopic (exact) mass is 395 g/mol. The second kappa shape index (κ2) is 8.74. The fraction of sp³-hybridized carbons (Fsp3) is 0. The van der Waals surface area contributed by atoms with Crippen LogP contribution in [0.2, 0.25) is 0 Å². The molecule has 7 heteroatoms. The smallest absolute Gasteiger partial charge is 0.255 e. The van der Waals surface area contributed by atoms with Crippen LogP contribution in [-0.2, 0) is 0 Å². The zero-order chi connectivity index (χ0) is 20.8. The maximum atomic E-state index is 12.8. The van der Waals surface area contributed by atoms with E-state index in [1.165, 1.54) is 0 Å². The molecule has 0 aliphatic heterocycles. The molecule has 0 radical (unpaired) electrons. The fourth-order valence-corrected chi connectivity index (χ4v) is 2.87. The molecule has 0 spiro atoms. The molecule has 146 valence electrons. The highest BCUT2D eigenvalue weighted by molar-refractivity contribution is 6.09. The first-order valence-corrected chi connectivity index (χ1v) is 9.17. The lowest BCUT2D eigenvalue weighted by atomic mass is 10.00. The Morgan fingerprint density at radius 1 is 0.600 bits per heavy atom. The zero-order valence-corrected chi connectivity index (χ0v) is 15.8. The van der Waals surface area contributed by atoms with Crippen molar-refractivity contribution < 1.29 is 9.59 Å². The van der Waals surface area contributed by atoms with E-state index < -0.39 is 0 Å². The number of benzene rings is 1. The van der Waals surface area contributed by atoms with Gasteiger partial charge in [0.15, 0.2) is 0 Å². The van der Waals surface area contributed by atoms with E-state index in [0.29, 0.717) is 28.1 Å². The van der Waals surface area contributed by atoms with Crippen molar-refractivity contribution in [2.75, 3.05) is 10.6 Å². The summed E-state index contributed by atoms with van der Waals surface area (Å²) in [6.45, 7) is 0. The Kier molecular flexibility index (Phi) is 5.52. The molecule has 3 heterocycles. The van der Waals surface area contributed by atoms with E-state index in [1.807, 2.05) is 6.07 Å². The van der Waals surface area contributed by atoms with Crippen molar-refractivity contribution in [1.29, 1.82) is 0 Å². The Morgan fingerprint density at radius 3 is 1.53 bits per heavy atom. The van der Waals surface area contributed by atoms with Crippen LogP contribution in [0.3, 0.4) is 0 Å². The van der Waals surface area contributed by atoms with Crippen LogP contribution in [-0.4, -0.2) is 26.8 Å². The maximum Gasteiger partial charge on any atom is 0.255 e. The third kappa shape index (κ3) is 4.53. The van der Waals surface area contributed by atoms with E-state index in [1.54, 1.807) is 85.7 Å². The van der Waals surface area contributed by atoms with Crippen LogP contribution >= 0.6 is 0 Å². The highest BCUT2D eigenvalue weighted by Crippen LogP contribution is 2.23. The molecule has 0 aliphatic carbocycles. The van der Waals surface area contributed by atoms with Gasteiger partial charge in [0.1, 0.15) is 0 Å². The van der Waals surface area contributed by atoms with Gasteiger partial charge in [-0.1, -0.05) is 6.07 Å². The standard InChI is InChI=1S/C23H17N5O2/c29-22(27-20-5-2-8-25-14-20)18-10-17(16-4-1-7-24-13-16)11-19(12-18)23(30)28-21-6-3-9-26-15-21/h1-15H,(H,27,29)(H,28,30). The SMILES string of the molecule is O=C(Nc1cccnc1)c1cc(C(=O)Nc2cccnc2)cc(-c2cccnc2)c1. The van der Waals surface area contributed by atoms with Crippen molar-refractivity contribution in [2.45, 2.75) is 0 Å². The van der Waals surface area contributed by atoms with Gasteiger partial charge in [0.05, 0.1) is 23.8 Å². The van der Waals surface area contributed by atoms with E-state index in [0.717, 1.165) is 5.56 Å². The van der Waals surface area contributed by atoms with Crippen molar-refractivity contribution >= 4 is 23.2 Å². The molecule has 0 fully saturated rings. The number of amides is 2. The summed E-state index contributed by atoms with van der Waals surface area (Å²) in [6.07, 6.45) is 9.70. The molecular formula is C23H17N5O2. The van der Waals surface area contributed by atoms with Crippen LogP contribution in [0.5, 0.6) is 0 Å². The van der Waals surface area contributed by atoms with Gasteiger partial charge in [-0.15, -0.1) is 0 Å². The quantitative estimate of drug-likeness (QED) is 0.531. The molecule has 2 amide bonds. The molecule has 0 saturated heterocycles. The van der Waals surface area contributed by atoms with Crippen LogP contribution in [0.1, 0.15) is 20.7 Å². The number of hydrogen-bond donors (Lipinski definition) is 2. The lowest BCUT2D eigenvalue weighted by Gasteiger charge is -2.11. The summed E-state index contributed by atoms with van der Waals surface area (Å²) in [5.74, 6) is -0.687. The van der Waals surface area contributed by atoms with E-state index >= 15 is 0 Å². The van der Waals surface area contributed by atoms with E-state index in [2.05, 4.69) is 25.6 Å². The summed E-state index contributed by atoms with van der Waals surface area (Å²) in [6, 6.07) is 15.6. The minimum atomic E-state index is -0.343. The number of rotatable bonds is 5. The Balaban J connectivity index is 1.69. The molecule has 0 bridgehead atoms. The molecule has 4 rings (SSSR count). The first-order valence-electron chi connectivity index (χ1n) is 9.17.